The van der Waals surface area contributed by atoms with Gasteiger partial charge in [0, 0.05) is 22.9 Å². The number of carbonyl (C=O) groups excluding carboxylic acids is 1. The van der Waals surface area contributed by atoms with Crippen LogP contribution < -0.4 is 5.32 Å². The molecule has 0 saturated heterocycles. The molecule has 2 N–H and O–H groups in total. The molecule has 0 spiro atoms. The lowest BCUT2D eigenvalue weighted by atomic mass is 9.82. The fourth-order valence-corrected chi connectivity index (χ4v) is 2.79. The van der Waals surface area contributed by atoms with Gasteiger partial charge in [0.05, 0.1) is 16.8 Å². The first kappa shape index (κ1) is 17.0. The van der Waals surface area contributed by atoms with E-state index < -0.39 is 28.6 Å². The molecular formula is C15H15ClN2O5. The third kappa shape index (κ3) is 3.87. The molecule has 2 unspecified atom stereocenters. The van der Waals surface area contributed by atoms with Crippen LogP contribution in [0.25, 0.3) is 0 Å². The number of nitrogens with zero attached hydrogens (tertiary/aromatic N) is 1. The summed E-state index contributed by atoms with van der Waals surface area (Å²) in [5.41, 5.74) is 0.861. The van der Waals surface area contributed by atoms with Crippen molar-refractivity contribution in [3.05, 3.63) is 45.0 Å². The molecule has 8 heteroatoms. The first-order valence-corrected chi connectivity index (χ1v) is 7.30. The second-order valence-electron chi connectivity index (χ2n) is 5.39. The van der Waals surface area contributed by atoms with E-state index in [9.17, 15) is 24.8 Å². The van der Waals surface area contributed by atoms with Gasteiger partial charge in [0.1, 0.15) is 0 Å². The van der Waals surface area contributed by atoms with Crippen molar-refractivity contribution in [2.75, 3.05) is 5.32 Å². The number of nitro groups is 1. The first-order valence-electron chi connectivity index (χ1n) is 6.93. The summed E-state index contributed by atoms with van der Waals surface area (Å²) >= 11 is 5.93. The Morgan fingerprint density at radius 3 is 2.65 bits per heavy atom. The molecule has 1 aromatic carbocycles. The molecule has 23 heavy (non-hydrogen) atoms. The number of halogens is 1. The molecule has 2 atom stereocenters. The van der Waals surface area contributed by atoms with E-state index in [0.717, 1.165) is 0 Å². The third-order valence-corrected chi connectivity index (χ3v) is 4.14. The predicted octanol–water partition coefficient (Wildman–Crippen LogP) is 3.08. The standard InChI is InChI=1S/C15H15ClN2O5/c1-8-6-10(18(22)23)3-5-13(8)17-14(19)12-7-9(16)2-4-11(12)15(20)21/h2-3,5-6,11-12H,4,7H2,1H3,(H,17,19)(H,20,21). The van der Waals surface area contributed by atoms with Crippen LogP contribution in [0.4, 0.5) is 11.4 Å². The Morgan fingerprint density at radius 1 is 1.39 bits per heavy atom. The Morgan fingerprint density at radius 2 is 2.09 bits per heavy atom. The highest BCUT2D eigenvalue weighted by Gasteiger charge is 2.36. The average molecular weight is 339 g/mol. The zero-order chi connectivity index (χ0) is 17.1. The van der Waals surface area contributed by atoms with Crippen molar-refractivity contribution in [2.45, 2.75) is 19.8 Å². The summed E-state index contributed by atoms with van der Waals surface area (Å²) < 4.78 is 0. The lowest BCUT2D eigenvalue weighted by Crippen LogP contribution is -2.35. The smallest absolute Gasteiger partial charge is 0.307 e. The Bertz CT molecular complexity index is 701. The summed E-state index contributed by atoms with van der Waals surface area (Å²) in [6.07, 6.45) is 1.98. The number of carbonyl (C=O) groups is 2. The number of hydrogen-bond donors (Lipinski definition) is 2. The lowest BCUT2D eigenvalue weighted by Gasteiger charge is -2.26. The van der Waals surface area contributed by atoms with Gasteiger partial charge in [0.2, 0.25) is 5.91 Å². The SMILES string of the molecule is Cc1cc([N+](=O)[O-])ccc1NC(=O)C1CC(Cl)=CCC1C(=O)O. The second kappa shape index (κ2) is 6.78. The monoisotopic (exact) mass is 338 g/mol. The van der Waals surface area contributed by atoms with E-state index in [4.69, 9.17) is 11.6 Å². The number of amides is 1. The molecule has 0 bridgehead atoms. The van der Waals surface area contributed by atoms with Gasteiger partial charge >= 0.3 is 5.97 Å². The number of nitrogens with one attached hydrogen (secondary N) is 1. The van der Waals surface area contributed by atoms with Crippen LogP contribution in [0.2, 0.25) is 0 Å². The Labute approximate surface area is 137 Å². The van der Waals surface area contributed by atoms with Crippen LogP contribution >= 0.6 is 11.6 Å². The van der Waals surface area contributed by atoms with Crippen molar-refractivity contribution in [3.8, 4) is 0 Å². The summed E-state index contributed by atoms with van der Waals surface area (Å²) in [6.45, 7) is 1.63. The molecule has 0 heterocycles. The van der Waals surface area contributed by atoms with E-state index in [1.807, 2.05) is 0 Å². The minimum atomic E-state index is -1.05. The van der Waals surface area contributed by atoms with Crippen molar-refractivity contribution in [2.24, 2.45) is 11.8 Å². The Balaban J connectivity index is 2.19. The van der Waals surface area contributed by atoms with Gasteiger partial charge in [0.25, 0.3) is 5.69 Å². The minimum Gasteiger partial charge on any atom is -0.481 e. The Kier molecular flexibility index (Phi) is 5.00. The number of allylic oxidation sites excluding steroid dienone is 2. The second-order valence-corrected chi connectivity index (χ2v) is 5.87. The quantitative estimate of drug-likeness (QED) is 0.647. The average Bonchev–Trinajstić information content (AvgIpc) is 2.48. The van der Waals surface area contributed by atoms with Crippen LogP contribution in [-0.2, 0) is 9.59 Å². The summed E-state index contributed by atoms with van der Waals surface area (Å²) in [5.74, 6) is -3.12. The normalized spacial score (nSPS) is 20.5. The zero-order valence-electron chi connectivity index (χ0n) is 12.3. The number of carboxylic acid groups (broad SMARTS) is 1. The lowest BCUT2D eigenvalue weighted by molar-refractivity contribution is -0.384. The van der Waals surface area contributed by atoms with Crippen LogP contribution in [0, 0.1) is 28.9 Å². The summed E-state index contributed by atoms with van der Waals surface area (Å²) in [7, 11) is 0. The van der Waals surface area contributed by atoms with Gasteiger partial charge < -0.3 is 10.4 Å². The predicted molar refractivity (Wildman–Crippen MR) is 84.2 cm³/mol. The molecule has 7 nitrogen and oxygen atoms in total. The Hall–Kier alpha value is -2.41. The number of non-ortho nitro benzene ring substituents is 1. The molecule has 0 radical (unpaired) electrons. The fraction of sp³-hybridized carbons (Fsp3) is 0.333. The highest BCUT2D eigenvalue weighted by molar-refractivity contribution is 6.29. The van der Waals surface area contributed by atoms with Gasteiger partial charge in [-0.25, -0.2) is 0 Å². The van der Waals surface area contributed by atoms with Gasteiger partial charge in [-0.15, -0.1) is 0 Å². The summed E-state index contributed by atoms with van der Waals surface area (Å²) in [5, 5.41) is 23.1. The molecule has 0 aliphatic heterocycles. The third-order valence-electron chi connectivity index (χ3n) is 3.83. The van der Waals surface area contributed by atoms with Crippen LogP contribution in [0.3, 0.4) is 0 Å². The first-order chi connectivity index (χ1) is 10.8. The number of aliphatic carboxylic acids is 1. The van der Waals surface area contributed by atoms with E-state index in [1.165, 1.54) is 18.2 Å². The van der Waals surface area contributed by atoms with E-state index in [2.05, 4.69) is 5.32 Å². The van der Waals surface area contributed by atoms with Gasteiger partial charge in [-0.3, -0.25) is 19.7 Å². The number of anilines is 1. The maximum Gasteiger partial charge on any atom is 0.307 e. The minimum absolute atomic E-state index is 0.0763. The van der Waals surface area contributed by atoms with Gasteiger partial charge in [-0.1, -0.05) is 17.7 Å². The highest BCUT2D eigenvalue weighted by Crippen LogP contribution is 2.33. The van der Waals surface area contributed by atoms with Gasteiger partial charge in [-0.05, 0) is 31.4 Å². The van der Waals surface area contributed by atoms with Crippen LogP contribution in [-0.4, -0.2) is 21.9 Å². The molecule has 122 valence electrons. The molecular weight excluding hydrogens is 324 g/mol. The number of benzene rings is 1. The largest absolute Gasteiger partial charge is 0.481 e. The molecule has 1 aliphatic rings. The summed E-state index contributed by atoms with van der Waals surface area (Å²) in [4.78, 5) is 33.9. The number of hydrogen-bond acceptors (Lipinski definition) is 4. The van der Waals surface area contributed by atoms with Crippen LogP contribution in [0.5, 0.6) is 0 Å². The van der Waals surface area contributed by atoms with Crippen molar-refractivity contribution < 1.29 is 19.6 Å². The highest BCUT2D eigenvalue weighted by atomic mass is 35.5. The van der Waals surface area contributed by atoms with Crippen molar-refractivity contribution >= 4 is 34.9 Å². The maximum absolute atomic E-state index is 12.4. The van der Waals surface area contributed by atoms with Gasteiger partial charge in [-0.2, -0.15) is 0 Å². The van der Waals surface area contributed by atoms with Crippen molar-refractivity contribution in [1.29, 1.82) is 0 Å². The van der Waals surface area contributed by atoms with Gasteiger partial charge in [0.15, 0.2) is 0 Å². The fourth-order valence-electron chi connectivity index (χ4n) is 2.53. The number of nitro benzene ring substituents is 1. The number of rotatable bonds is 4. The molecule has 0 saturated carbocycles. The number of carboxylic acids is 1. The van der Waals surface area contributed by atoms with Crippen molar-refractivity contribution in [3.63, 3.8) is 0 Å². The van der Waals surface area contributed by atoms with E-state index in [1.54, 1.807) is 13.0 Å². The van der Waals surface area contributed by atoms with E-state index in [0.29, 0.717) is 16.3 Å². The zero-order valence-corrected chi connectivity index (χ0v) is 13.0. The van der Waals surface area contributed by atoms with Crippen LogP contribution in [0.1, 0.15) is 18.4 Å². The molecule has 1 aliphatic carbocycles. The maximum atomic E-state index is 12.4. The number of aryl methyl sites for hydroxylation is 1. The van der Waals surface area contributed by atoms with E-state index in [-0.39, 0.29) is 18.5 Å². The van der Waals surface area contributed by atoms with Crippen molar-refractivity contribution in [1.82, 2.24) is 0 Å². The summed E-state index contributed by atoms with van der Waals surface area (Å²) in [6, 6.07) is 4.06. The molecule has 0 fully saturated rings. The molecule has 1 aromatic rings. The molecule has 0 aromatic heterocycles. The topological polar surface area (TPSA) is 110 Å². The van der Waals surface area contributed by atoms with Crippen LogP contribution in [0.15, 0.2) is 29.3 Å². The molecule has 1 amide bonds. The molecule has 2 rings (SSSR count). The van der Waals surface area contributed by atoms with E-state index >= 15 is 0 Å².